The van der Waals surface area contributed by atoms with Crippen LogP contribution in [-0.2, 0) is 6.54 Å². The van der Waals surface area contributed by atoms with E-state index in [4.69, 9.17) is 21.7 Å². The number of anilines is 2. The lowest BCUT2D eigenvalue weighted by Crippen LogP contribution is -2.50. The van der Waals surface area contributed by atoms with Crippen molar-refractivity contribution in [2.75, 3.05) is 49.6 Å². The second kappa shape index (κ2) is 9.37. The number of carboxylic acids is 1. The Morgan fingerprint density at radius 2 is 1.91 bits per heavy atom. The highest BCUT2D eigenvalue weighted by molar-refractivity contribution is 7.80. The molecular formula is C23H23N6O5S-. The Hall–Kier alpha value is -3.93. The number of fused-ring (bicyclic) bond motifs is 2. The van der Waals surface area contributed by atoms with Crippen LogP contribution in [0.1, 0.15) is 17.3 Å². The van der Waals surface area contributed by atoms with Crippen LogP contribution in [0.3, 0.4) is 0 Å². The van der Waals surface area contributed by atoms with Crippen molar-refractivity contribution in [1.29, 1.82) is 0 Å². The van der Waals surface area contributed by atoms with Crippen molar-refractivity contribution >= 4 is 46.0 Å². The van der Waals surface area contributed by atoms with Gasteiger partial charge in [0.15, 0.2) is 16.6 Å². The van der Waals surface area contributed by atoms with Crippen molar-refractivity contribution in [3.05, 3.63) is 46.4 Å². The molecule has 0 amide bonds. The quantitative estimate of drug-likeness (QED) is 0.508. The van der Waals surface area contributed by atoms with E-state index in [1.54, 1.807) is 4.57 Å². The van der Waals surface area contributed by atoms with Crippen LogP contribution in [0.2, 0.25) is 0 Å². The molecule has 0 spiro atoms. The van der Waals surface area contributed by atoms with E-state index in [2.05, 4.69) is 20.2 Å². The van der Waals surface area contributed by atoms with Gasteiger partial charge in [-0.05, 0) is 31.3 Å². The lowest BCUT2D eigenvalue weighted by atomic mass is 10.2. The fourth-order valence-corrected chi connectivity index (χ4v) is 4.44. The molecule has 11 nitrogen and oxygen atoms in total. The first-order valence-corrected chi connectivity index (χ1v) is 11.7. The van der Waals surface area contributed by atoms with Crippen molar-refractivity contribution in [2.45, 2.75) is 13.5 Å². The standard InChI is InChI=1S/C23H24N6O5S/c1-2-27-13-16(21(31)32)19(30)15-12-24-22(26-20(15)27)28-5-7-29(8-6-28)23(35)25-14-3-4-17-18(11-14)34-10-9-33-17/h3-4,11-13H,2,5-10H2,1H3,(H,25,35)(H,31,32)/p-1. The summed E-state index contributed by atoms with van der Waals surface area (Å²) in [4.78, 5) is 36.8. The molecule has 0 saturated carbocycles. The van der Waals surface area contributed by atoms with Crippen LogP contribution < -0.4 is 30.2 Å². The lowest BCUT2D eigenvalue weighted by molar-refractivity contribution is -0.255. The number of nitrogens with zero attached hydrogens (tertiary/aromatic N) is 5. The summed E-state index contributed by atoms with van der Waals surface area (Å²) in [6, 6.07) is 5.64. The van der Waals surface area contributed by atoms with Gasteiger partial charge in [-0.1, -0.05) is 0 Å². The Morgan fingerprint density at radius 1 is 1.17 bits per heavy atom. The number of nitrogens with one attached hydrogen (secondary N) is 1. The third-order valence-corrected chi connectivity index (χ3v) is 6.37. The minimum absolute atomic E-state index is 0.153. The van der Waals surface area contributed by atoms with Crippen LogP contribution in [0, 0.1) is 0 Å². The van der Waals surface area contributed by atoms with E-state index in [0.717, 1.165) is 11.4 Å². The number of thiocarbonyl (C=S) groups is 1. The third-order valence-electron chi connectivity index (χ3n) is 6.01. The largest absolute Gasteiger partial charge is 0.545 e. The molecule has 5 rings (SSSR count). The number of carboxylic acid groups (broad SMARTS) is 1. The highest BCUT2D eigenvalue weighted by Gasteiger charge is 2.22. The molecule has 1 aromatic carbocycles. The molecule has 1 saturated heterocycles. The lowest BCUT2D eigenvalue weighted by Gasteiger charge is -2.36. The number of rotatable bonds is 4. The summed E-state index contributed by atoms with van der Waals surface area (Å²) in [5, 5.41) is 15.3. The van der Waals surface area contributed by atoms with Crippen molar-refractivity contribution in [1.82, 2.24) is 19.4 Å². The van der Waals surface area contributed by atoms with E-state index in [1.165, 1.54) is 12.4 Å². The topological polar surface area (TPSA) is 125 Å². The number of hydrogen-bond donors (Lipinski definition) is 1. The van der Waals surface area contributed by atoms with Crippen molar-refractivity contribution < 1.29 is 19.4 Å². The fraction of sp³-hybridized carbons (Fsp3) is 0.348. The van der Waals surface area contributed by atoms with Crippen molar-refractivity contribution in [2.24, 2.45) is 0 Å². The Morgan fingerprint density at radius 3 is 2.63 bits per heavy atom. The molecule has 0 atom stereocenters. The number of aromatic nitrogens is 3. The van der Waals surface area contributed by atoms with Crippen molar-refractivity contribution in [3.8, 4) is 11.5 Å². The predicted molar refractivity (Wildman–Crippen MR) is 131 cm³/mol. The smallest absolute Gasteiger partial charge is 0.227 e. The number of pyridine rings is 1. The van der Waals surface area contributed by atoms with Gasteiger partial charge in [-0.3, -0.25) is 4.79 Å². The highest BCUT2D eigenvalue weighted by atomic mass is 32.1. The van der Waals surface area contributed by atoms with E-state index < -0.39 is 17.0 Å². The first kappa shape index (κ1) is 22.8. The highest BCUT2D eigenvalue weighted by Crippen LogP contribution is 2.32. The Kier molecular flexibility index (Phi) is 6.12. The summed E-state index contributed by atoms with van der Waals surface area (Å²) < 4.78 is 12.8. The molecule has 182 valence electrons. The molecule has 1 fully saturated rings. The van der Waals surface area contributed by atoms with Crippen LogP contribution in [0.5, 0.6) is 11.5 Å². The second-order valence-electron chi connectivity index (χ2n) is 8.12. The van der Waals surface area contributed by atoms with E-state index >= 15 is 0 Å². The predicted octanol–water partition coefficient (Wildman–Crippen LogP) is 0.465. The molecule has 35 heavy (non-hydrogen) atoms. The summed E-state index contributed by atoms with van der Waals surface area (Å²) >= 11 is 5.61. The molecule has 2 aromatic heterocycles. The van der Waals surface area contributed by atoms with Gasteiger partial charge in [-0.25, -0.2) is 4.98 Å². The molecule has 2 aliphatic heterocycles. The molecule has 1 N–H and O–H groups in total. The van der Waals surface area contributed by atoms with Crippen LogP contribution in [0.15, 0.2) is 35.4 Å². The van der Waals surface area contributed by atoms with Gasteiger partial charge in [-0.15, -0.1) is 0 Å². The fourth-order valence-electron chi connectivity index (χ4n) is 4.14. The number of carbonyl (C=O) groups is 1. The third kappa shape index (κ3) is 4.44. The molecule has 4 heterocycles. The number of hydrogen-bond acceptors (Lipinski definition) is 9. The number of aryl methyl sites for hydroxylation is 1. The van der Waals surface area contributed by atoms with E-state index in [1.807, 2.05) is 30.0 Å². The Labute approximate surface area is 205 Å². The molecule has 12 heteroatoms. The maximum atomic E-state index is 12.5. The van der Waals surface area contributed by atoms with Gasteiger partial charge < -0.3 is 39.1 Å². The molecular weight excluding hydrogens is 472 g/mol. The molecule has 2 aliphatic rings. The normalized spacial score (nSPS) is 15.2. The van der Waals surface area contributed by atoms with E-state index in [0.29, 0.717) is 68.4 Å². The van der Waals surface area contributed by atoms with Crippen LogP contribution >= 0.6 is 12.2 Å². The maximum Gasteiger partial charge on any atom is 0.227 e. The van der Waals surface area contributed by atoms with Gasteiger partial charge in [0.1, 0.15) is 18.9 Å². The SMILES string of the molecule is CCn1cc(C(=O)[O-])c(=O)c2cnc(N3CCN(C(=S)Nc4ccc5c(c4)OCCO5)CC3)nc21. The number of ether oxygens (including phenoxy) is 2. The van der Waals surface area contributed by atoms with Gasteiger partial charge in [0.25, 0.3) is 0 Å². The van der Waals surface area contributed by atoms with Gasteiger partial charge in [0, 0.05) is 56.9 Å². The number of benzene rings is 1. The summed E-state index contributed by atoms with van der Waals surface area (Å²) in [5.74, 6) is 0.381. The zero-order chi connectivity index (χ0) is 24.5. The zero-order valence-electron chi connectivity index (χ0n) is 19.0. The Balaban J connectivity index is 1.28. The number of piperazine rings is 1. The number of aromatic carboxylic acids is 1. The van der Waals surface area contributed by atoms with E-state index in [9.17, 15) is 14.7 Å². The first-order valence-electron chi connectivity index (χ1n) is 11.3. The minimum atomic E-state index is -1.51. The van der Waals surface area contributed by atoms with Crippen LogP contribution in [-0.4, -0.2) is 69.9 Å². The minimum Gasteiger partial charge on any atom is -0.545 e. The van der Waals surface area contributed by atoms with E-state index in [-0.39, 0.29) is 5.39 Å². The molecule has 0 bridgehead atoms. The summed E-state index contributed by atoms with van der Waals surface area (Å²) in [7, 11) is 0. The zero-order valence-corrected chi connectivity index (χ0v) is 19.8. The molecule has 3 aromatic rings. The van der Waals surface area contributed by atoms with Gasteiger partial charge >= 0.3 is 0 Å². The van der Waals surface area contributed by atoms with Gasteiger partial charge in [-0.2, -0.15) is 4.98 Å². The second-order valence-corrected chi connectivity index (χ2v) is 8.50. The summed E-state index contributed by atoms with van der Waals surface area (Å²) in [6.07, 6.45) is 2.66. The Bertz CT molecular complexity index is 1370. The monoisotopic (exact) mass is 495 g/mol. The average molecular weight is 496 g/mol. The molecule has 0 unspecified atom stereocenters. The molecule has 0 aliphatic carbocycles. The summed E-state index contributed by atoms with van der Waals surface area (Å²) in [5.41, 5.74) is 0.179. The van der Waals surface area contributed by atoms with Crippen LogP contribution in [0.25, 0.3) is 11.0 Å². The average Bonchev–Trinajstić information content (AvgIpc) is 2.88. The van der Waals surface area contributed by atoms with Crippen molar-refractivity contribution in [3.63, 3.8) is 0 Å². The summed E-state index contributed by atoms with van der Waals surface area (Å²) in [6.45, 7) is 5.92. The van der Waals surface area contributed by atoms with Gasteiger partial charge in [0.05, 0.1) is 16.9 Å². The maximum absolute atomic E-state index is 12.5. The van der Waals surface area contributed by atoms with Gasteiger partial charge in [0.2, 0.25) is 11.4 Å². The van der Waals surface area contributed by atoms with Crippen LogP contribution in [0.4, 0.5) is 11.6 Å². The number of carbonyl (C=O) groups excluding carboxylic acids is 1. The first-order chi connectivity index (χ1) is 16.9. The molecule has 0 radical (unpaired) electrons.